The van der Waals surface area contributed by atoms with Gasteiger partial charge in [-0.25, -0.2) is 8.78 Å². The van der Waals surface area contributed by atoms with Crippen LogP contribution in [0.2, 0.25) is 0 Å². The van der Waals surface area contributed by atoms with Gasteiger partial charge in [-0.1, -0.05) is 24.3 Å². The first kappa shape index (κ1) is 16.1. The minimum Gasteiger partial charge on any atom is -0.325 e. The Bertz CT molecular complexity index is 673. The third kappa shape index (κ3) is 4.11. The van der Waals surface area contributed by atoms with Crippen molar-refractivity contribution >= 4 is 11.6 Å². The van der Waals surface area contributed by atoms with Crippen molar-refractivity contribution in [1.82, 2.24) is 5.32 Å². The highest BCUT2D eigenvalue weighted by Crippen LogP contribution is 2.17. The van der Waals surface area contributed by atoms with Crippen molar-refractivity contribution < 1.29 is 13.6 Å². The molecule has 0 bridgehead atoms. The Morgan fingerprint density at radius 3 is 2.59 bits per heavy atom. The van der Waals surface area contributed by atoms with Gasteiger partial charge in [0.05, 0.1) is 6.54 Å². The number of benzene rings is 2. The van der Waals surface area contributed by atoms with Gasteiger partial charge in [-0.05, 0) is 31.5 Å². The fraction of sp³-hybridized carbons (Fsp3) is 0.235. The maximum Gasteiger partial charge on any atom is 0.238 e. The Balaban J connectivity index is 1.92. The highest BCUT2D eigenvalue weighted by atomic mass is 19.1. The monoisotopic (exact) mass is 304 g/mol. The predicted octanol–water partition coefficient (Wildman–Crippen LogP) is 3.56. The minimum absolute atomic E-state index is 0.0340. The molecule has 5 heteroatoms. The average molecular weight is 304 g/mol. The van der Waals surface area contributed by atoms with Gasteiger partial charge in [-0.3, -0.25) is 4.79 Å². The molecular weight excluding hydrogens is 286 g/mol. The largest absolute Gasteiger partial charge is 0.325 e. The van der Waals surface area contributed by atoms with Crippen LogP contribution in [0.15, 0.2) is 42.5 Å². The first-order valence-corrected chi connectivity index (χ1v) is 7.01. The van der Waals surface area contributed by atoms with Gasteiger partial charge in [-0.15, -0.1) is 0 Å². The summed E-state index contributed by atoms with van der Waals surface area (Å²) in [6.07, 6.45) is 0. The van der Waals surface area contributed by atoms with Crippen molar-refractivity contribution in [3.8, 4) is 0 Å². The summed E-state index contributed by atoms with van der Waals surface area (Å²) in [6.45, 7) is 3.66. The smallest absolute Gasteiger partial charge is 0.238 e. The van der Waals surface area contributed by atoms with Crippen molar-refractivity contribution in [1.29, 1.82) is 0 Å². The van der Waals surface area contributed by atoms with E-state index in [0.717, 1.165) is 17.3 Å². The summed E-state index contributed by atoms with van der Waals surface area (Å²) in [5.41, 5.74) is 2.04. The summed E-state index contributed by atoms with van der Waals surface area (Å²) >= 11 is 0. The normalized spacial score (nSPS) is 12.0. The molecular formula is C17H18F2N2O. The molecule has 0 heterocycles. The van der Waals surface area contributed by atoms with Gasteiger partial charge >= 0.3 is 0 Å². The van der Waals surface area contributed by atoms with Crippen molar-refractivity contribution in [3.63, 3.8) is 0 Å². The number of aryl methyl sites for hydroxylation is 1. The van der Waals surface area contributed by atoms with Gasteiger partial charge in [0, 0.05) is 23.4 Å². The number of anilines is 1. The highest BCUT2D eigenvalue weighted by Gasteiger charge is 2.13. The third-order valence-electron chi connectivity index (χ3n) is 3.42. The number of rotatable bonds is 5. The van der Waals surface area contributed by atoms with Crippen LogP contribution in [0.4, 0.5) is 14.5 Å². The third-order valence-corrected chi connectivity index (χ3v) is 3.42. The lowest BCUT2D eigenvalue weighted by atomic mass is 10.1. The molecule has 0 spiro atoms. The molecule has 0 unspecified atom stereocenters. The topological polar surface area (TPSA) is 41.1 Å². The zero-order valence-electron chi connectivity index (χ0n) is 12.5. The number of carbonyl (C=O) groups is 1. The molecule has 116 valence electrons. The number of carbonyl (C=O) groups excluding carboxylic acids is 1. The van der Waals surface area contributed by atoms with E-state index in [4.69, 9.17) is 0 Å². The molecule has 22 heavy (non-hydrogen) atoms. The second-order valence-corrected chi connectivity index (χ2v) is 5.13. The van der Waals surface area contributed by atoms with Gasteiger partial charge in [-0.2, -0.15) is 0 Å². The summed E-state index contributed by atoms with van der Waals surface area (Å²) in [5.74, 6) is -1.46. The van der Waals surface area contributed by atoms with Gasteiger partial charge in [0.2, 0.25) is 5.91 Å². The Kier molecular flexibility index (Phi) is 5.22. The molecule has 0 fully saturated rings. The van der Waals surface area contributed by atoms with E-state index >= 15 is 0 Å². The maximum atomic E-state index is 13.6. The van der Waals surface area contributed by atoms with Crippen LogP contribution >= 0.6 is 0 Å². The van der Waals surface area contributed by atoms with Crippen molar-refractivity contribution in [2.45, 2.75) is 19.9 Å². The van der Waals surface area contributed by atoms with Gasteiger partial charge < -0.3 is 10.6 Å². The molecule has 2 aromatic carbocycles. The number of para-hydroxylation sites is 1. The zero-order chi connectivity index (χ0) is 16.1. The number of hydrogen-bond acceptors (Lipinski definition) is 2. The molecule has 0 saturated heterocycles. The Labute approximate surface area is 128 Å². The number of nitrogens with one attached hydrogen (secondary N) is 2. The van der Waals surface area contributed by atoms with Crippen LogP contribution in [0.5, 0.6) is 0 Å². The lowest BCUT2D eigenvalue weighted by molar-refractivity contribution is -0.115. The van der Waals surface area contributed by atoms with E-state index in [-0.39, 0.29) is 12.5 Å². The van der Waals surface area contributed by atoms with Crippen molar-refractivity contribution in [3.05, 3.63) is 65.2 Å². The van der Waals surface area contributed by atoms with E-state index < -0.39 is 17.7 Å². The Hall–Kier alpha value is -2.27. The lowest BCUT2D eigenvalue weighted by Gasteiger charge is -2.15. The molecule has 0 aliphatic rings. The van der Waals surface area contributed by atoms with E-state index in [1.807, 2.05) is 31.2 Å². The summed E-state index contributed by atoms with van der Waals surface area (Å²) in [7, 11) is 0. The molecule has 3 nitrogen and oxygen atoms in total. The fourth-order valence-corrected chi connectivity index (χ4v) is 2.12. The van der Waals surface area contributed by atoms with Gasteiger partial charge in [0.15, 0.2) is 0 Å². The summed E-state index contributed by atoms with van der Waals surface area (Å²) in [6, 6.07) is 10.5. The van der Waals surface area contributed by atoms with E-state index in [0.29, 0.717) is 5.56 Å². The van der Waals surface area contributed by atoms with Crippen LogP contribution in [0, 0.1) is 18.6 Å². The first-order valence-electron chi connectivity index (χ1n) is 7.01. The molecule has 2 aromatic rings. The van der Waals surface area contributed by atoms with Crippen molar-refractivity contribution in [2.24, 2.45) is 0 Å². The standard InChI is InChI=1S/C17H18F2N2O/c1-11-5-3-4-6-16(11)21-17(22)10-20-12(2)14-8-7-13(18)9-15(14)19/h3-9,12,20H,10H2,1-2H3,(H,21,22)/t12-/m0/s1. The Morgan fingerprint density at radius 1 is 1.18 bits per heavy atom. The van der Waals surface area contributed by atoms with E-state index in [2.05, 4.69) is 10.6 Å². The predicted molar refractivity (Wildman–Crippen MR) is 82.6 cm³/mol. The van der Waals surface area contributed by atoms with E-state index in [1.54, 1.807) is 6.92 Å². The minimum atomic E-state index is -0.626. The van der Waals surface area contributed by atoms with Gasteiger partial charge in [0.25, 0.3) is 0 Å². The van der Waals surface area contributed by atoms with Crippen LogP contribution in [-0.2, 0) is 4.79 Å². The molecule has 0 aliphatic carbocycles. The second kappa shape index (κ2) is 7.13. The molecule has 2 rings (SSSR count). The van der Waals surface area contributed by atoms with E-state index in [9.17, 15) is 13.6 Å². The quantitative estimate of drug-likeness (QED) is 0.887. The Morgan fingerprint density at radius 2 is 1.91 bits per heavy atom. The molecule has 2 N–H and O–H groups in total. The SMILES string of the molecule is Cc1ccccc1NC(=O)CN[C@@H](C)c1ccc(F)cc1F. The molecule has 0 saturated carbocycles. The van der Waals surface area contributed by atoms with Crippen LogP contribution in [-0.4, -0.2) is 12.5 Å². The number of amides is 1. The lowest BCUT2D eigenvalue weighted by Crippen LogP contribution is -2.30. The maximum absolute atomic E-state index is 13.6. The van der Waals surface area contributed by atoms with Crippen molar-refractivity contribution in [2.75, 3.05) is 11.9 Å². The fourth-order valence-electron chi connectivity index (χ4n) is 2.12. The van der Waals surface area contributed by atoms with Crippen LogP contribution in [0.3, 0.4) is 0 Å². The second-order valence-electron chi connectivity index (χ2n) is 5.13. The first-order chi connectivity index (χ1) is 10.5. The summed E-state index contributed by atoms with van der Waals surface area (Å²) in [5, 5.41) is 5.71. The summed E-state index contributed by atoms with van der Waals surface area (Å²) in [4.78, 5) is 11.9. The number of hydrogen-bond donors (Lipinski definition) is 2. The van der Waals surface area contributed by atoms with Crippen LogP contribution in [0.25, 0.3) is 0 Å². The molecule has 0 aromatic heterocycles. The molecule has 0 aliphatic heterocycles. The van der Waals surface area contributed by atoms with Crippen LogP contribution in [0.1, 0.15) is 24.1 Å². The zero-order valence-corrected chi connectivity index (χ0v) is 12.5. The highest BCUT2D eigenvalue weighted by molar-refractivity contribution is 5.92. The molecule has 1 atom stereocenters. The number of halogens is 2. The van der Waals surface area contributed by atoms with Gasteiger partial charge in [0.1, 0.15) is 11.6 Å². The van der Waals surface area contributed by atoms with Crippen LogP contribution < -0.4 is 10.6 Å². The average Bonchev–Trinajstić information content (AvgIpc) is 2.47. The molecule has 1 amide bonds. The summed E-state index contributed by atoms with van der Waals surface area (Å²) < 4.78 is 26.5. The van der Waals surface area contributed by atoms with E-state index in [1.165, 1.54) is 12.1 Å². The molecule has 0 radical (unpaired) electrons.